The summed E-state index contributed by atoms with van der Waals surface area (Å²) in [6, 6.07) is 6.23. The first-order valence-electron chi connectivity index (χ1n) is 11.2. The highest BCUT2D eigenvalue weighted by Crippen LogP contribution is 2.35. The van der Waals surface area contributed by atoms with Crippen LogP contribution in [-0.4, -0.2) is 77.2 Å². The van der Waals surface area contributed by atoms with Crippen molar-refractivity contribution >= 4 is 17.7 Å². The number of terminal acetylenes is 1. The molecule has 0 bridgehead atoms. The van der Waals surface area contributed by atoms with Crippen LogP contribution < -0.4 is 5.32 Å². The van der Waals surface area contributed by atoms with Gasteiger partial charge in [-0.1, -0.05) is 18.1 Å². The molecular weight excluding hydrogens is 392 g/mol. The third-order valence-corrected chi connectivity index (χ3v) is 7.32. The first kappa shape index (κ1) is 20.2. The van der Waals surface area contributed by atoms with E-state index in [0.717, 1.165) is 38.3 Å². The van der Waals surface area contributed by atoms with Crippen molar-refractivity contribution in [1.29, 1.82) is 0 Å². The minimum atomic E-state index is -0.555. The second-order valence-corrected chi connectivity index (χ2v) is 9.18. The van der Waals surface area contributed by atoms with E-state index in [1.807, 2.05) is 6.07 Å². The lowest BCUT2D eigenvalue weighted by molar-refractivity contribution is -0.136. The van der Waals surface area contributed by atoms with Gasteiger partial charge in [-0.05, 0) is 36.5 Å². The van der Waals surface area contributed by atoms with Gasteiger partial charge < -0.3 is 4.90 Å². The number of carbonyl (C=O) groups is 3. The minimum absolute atomic E-state index is 0.106. The van der Waals surface area contributed by atoms with Crippen LogP contribution in [0.15, 0.2) is 18.2 Å². The van der Waals surface area contributed by atoms with Crippen molar-refractivity contribution in [3.05, 3.63) is 34.9 Å². The van der Waals surface area contributed by atoms with Gasteiger partial charge in [-0.2, -0.15) is 0 Å². The predicted octanol–water partition coefficient (Wildman–Crippen LogP) is 0.944. The fraction of sp³-hybridized carbons (Fsp3) is 0.542. The van der Waals surface area contributed by atoms with E-state index in [9.17, 15) is 14.4 Å². The van der Waals surface area contributed by atoms with Gasteiger partial charge in [0.05, 0.1) is 6.54 Å². The number of imide groups is 1. The quantitative estimate of drug-likeness (QED) is 0.580. The van der Waals surface area contributed by atoms with Crippen molar-refractivity contribution < 1.29 is 14.4 Å². The zero-order valence-electron chi connectivity index (χ0n) is 17.7. The van der Waals surface area contributed by atoms with Gasteiger partial charge in [-0.3, -0.25) is 29.5 Å². The van der Waals surface area contributed by atoms with Crippen molar-refractivity contribution in [2.45, 2.75) is 50.2 Å². The number of nitrogens with zero attached hydrogens (tertiary/aromatic N) is 3. The number of likely N-dealkylation sites (tertiary alicyclic amines) is 2. The molecule has 162 valence electrons. The lowest BCUT2D eigenvalue weighted by Crippen LogP contribution is -2.54. The lowest BCUT2D eigenvalue weighted by Gasteiger charge is -2.47. The standard InChI is InChI=1S/C24H28N4O3/c1-2-9-26-10-7-19(8-11-26)27-13-18(14-27)16-3-4-20-17(12-16)15-28(24(20)31)21-5-6-22(29)25-23(21)30/h1,3-4,12,18-19,21H,5-11,13-15H2,(H,25,29,30). The molecule has 0 radical (unpaired) electrons. The Morgan fingerprint density at radius 3 is 2.58 bits per heavy atom. The molecule has 3 saturated heterocycles. The highest BCUT2D eigenvalue weighted by Gasteiger charge is 2.40. The molecule has 1 aromatic carbocycles. The number of hydrogen-bond donors (Lipinski definition) is 1. The van der Waals surface area contributed by atoms with Gasteiger partial charge in [0.25, 0.3) is 5.91 Å². The summed E-state index contributed by atoms with van der Waals surface area (Å²) in [5.41, 5.74) is 2.96. The number of carbonyl (C=O) groups excluding carboxylic acids is 3. The van der Waals surface area contributed by atoms with Crippen molar-refractivity contribution in [3.8, 4) is 12.3 Å². The number of amides is 3. The average Bonchev–Trinajstić information content (AvgIpc) is 3.04. The van der Waals surface area contributed by atoms with Crippen LogP contribution >= 0.6 is 0 Å². The monoisotopic (exact) mass is 420 g/mol. The van der Waals surface area contributed by atoms with E-state index in [1.54, 1.807) is 4.90 Å². The smallest absolute Gasteiger partial charge is 0.255 e. The third-order valence-electron chi connectivity index (χ3n) is 7.32. The maximum atomic E-state index is 12.9. The highest BCUT2D eigenvalue weighted by molar-refractivity contribution is 6.05. The Bertz CT molecular complexity index is 954. The molecule has 7 nitrogen and oxygen atoms in total. The van der Waals surface area contributed by atoms with E-state index in [4.69, 9.17) is 6.42 Å². The van der Waals surface area contributed by atoms with Crippen molar-refractivity contribution in [1.82, 2.24) is 20.0 Å². The lowest BCUT2D eigenvalue weighted by atomic mass is 9.86. The number of nitrogens with one attached hydrogen (secondary N) is 1. The second-order valence-electron chi connectivity index (χ2n) is 9.18. The molecule has 1 N–H and O–H groups in total. The Kier molecular flexibility index (Phi) is 5.28. The van der Waals surface area contributed by atoms with E-state index >= 15 is 0 Å². The van der Waals surface area contributed by atoms with Gasteiger partial charge in [0.2, 0.25) is 11.8 Å². The summed E-state index contributed by atoms with van der Waals surface area (Å²) in [4.78, 5) is 43.0. The van der Waals surface area contributed by atoms with Crippen LogP contribution in [-0.2, 0) is 16.1 Å². The summed E-state index contributed by atoms with van der Waals surface area (Å²) in [5, 5.41) is 2.36. The topological polar surface area (TPSA) is 73.0 Å². The molecule has 1 unspecified atom stereocenters. The molecular formula is C24H28N4O3. The summed E-state index contributed by atoms with van der Waals surface area (Å²) < 4.78 is 0. The normalized spacial score (nSPS) is 25.8. The summed E-state index contributed by atoms with van der Waals surface area (Å²) in [5.74, 6) is 2.50. The molecule has 0 spiro atoms. The highest BCUT2D eigenvalue weighted by atomic mass is 16.2. The van der Waals surface area contributed by atoms with Crippen LogP contribution in [0.4, 0.5) is 0 Å². The fourth-order valence-electron chi connectivity index (χ4n) is 5.44. The third kappa shape index (κ3) is 3.75. The summed E-state index contributed by atoms with van der Waals surface area (Å²) in [6.07, 6.45) is 8.45. The van der Waals surface area contributed by atoms with Crippen LogP contribution in [0.5, 0.6) is 0 Å². The number of fused-ring (bicyclic) bond motifs is 1. The van der Waals surface area contributed by atoms with Crippen LogP contribution in [0, 0.1) is 12.3 Å². The molecule has 31 heavy (non-hydrogen) atoms. The molecule has 0 saturated carbocycles. The van der Waals surface area contributed by atoms with Crippen LogP contribution in [0.25, 0.3) is 0 Å². The van der Waals surface area contributed by atoms with Crippen molar-refractivity contribution in [2.75, 3.05) is 32.7 Å². The average molecular weight is 421 g/mol. The minimum Gasteiger partial charge on any atom is -0.322 e. The van der Waals surface area contributed by atoms with E-state index in [2.05, 4.69) is 33.2 Å². The Morgan fingerprint density at radius 1 is 1.10 bits per heavy atom. The van der Waals surface area contributed by atoms with Crippen molar-refractivity contribution in [2.24, 2.45) is 0 Å². The Labute approximate surface area is 182 Å². The maximum Gasteiger partial charge on any atom is 0.255 e. The Balaban J connectivity index is 1.19. The van der Waals surface area contributed by atoms with Gasteiger partial charge in [-0.15, -0.1) is 6.42 Å². The number of piperidine rings is 2. The van der Waals surface area contributed by atoms with Gasteiger partial charge in [0, 0.05) is 56.7 Å². The molecule has 5 rings (SSSR count). The number of rotatable bonds is 4. The van der Waals surface area contributed by atoms with E-state index in [1.165, 1.54) is 18.4 Å². The SMILES string of the molecule is C#CCN1CCC(N2CC(c3ccc4c(c3)CN(C3CCC(=O)NC3=O)C4=O)C2)CC1. The van der Waals surface area contributed by atoms with Gasteiger partial charge in [0.15, 0.2) is 0 Å². The zero-order valence-corrected chi connectivity index (χ0v) is 17.7. The van der Waals surface area contributed by atoms with Gasteiger partial charge in [-0.25, -0.2) is 0 Å². The summed E-state index contributed by atoms with van der Waals surface area (Å²) >= 11 is 0. The summed E-state index contributed by atoms with van der Waals surface area (Å²) in [6.45, 7) is 5.46. The van der Waals surface area contributed by atoms with E-state index in [-0.39, 0.29) is 24.1 Å². The molecule has 4 heterocycles. The molecule has 0 aromatic heterocycles. The largest absolute Gasteiger partial charge is 0.322 e. The van der Waals surface area contributed by atoms with Crippen LogP contribution in [0.2, 0.25) is 0 Å². The fourth-order valence-corrected chi connectivity index (χ4v) is 5.44. The number of hydrogen-bond acceptors (Lipinski definition) is 5. The first-order chi connectivity index (χ1) is 15.0. The Morgan fingerprint density at radius 2 is 1.87 bits per heavy atom. The second kappa shape index (κ2) is 8.10. The number of benzene rings is 1. The maximum absolute atomic E-state index is 12.9. The first-order valence-corrected chi connectivity index (χ1v) is 11.2. The van der Waals surface area contributed by atoms with Crippen LogP contribution in [0.1, 0.15) is 53.1 Å². The molecule has 1 atom stereocenters. The predicted molar refractivity (Wildman–Crippen MR) is 115 cm³/mol. The molecule has 4 aliphatic heterocycles. The van der Waals surface area contributed by atoms with Crippen LogP contribution in [0.3, 0.4) is 0 Å². The van der Waals surface area contributed by atoms with Gasteiger partial charge in [0.1, 0.15) is 6.04 Å². The Hall–Kier alpha value is -2.69. The zero-order chi connectivity index (χ0) is 21.5. The molecule has 3 fully saturated rings. The molecule has 0 aliphatic carbocycles. The van der Waals surface area contributed by atoms with Gasteiger partial charge >= 0.3 is 0 Å². The summed E-state index contributed by atoms with van der Waals surface area (Å²) in [7, 11) is 0. The van der Waals surface area contributed by atoms with E-state index < -0.39 is 6.04 Å². The molecule has 3 amide bonds. The molecule has 7 heteroatoms. The van der Waals surface area contributed by atoms with E-state index in [0.29, 0.717) is 30.5 Å². The molecule has 1 aromatic rings. The molecule has 4 aliphatic rings. The van der Waals surface area contributed by atoms with Crippen molar-refractivity contribution in [3.63, 3.8) is 0 Å².